The topological polar surface area (TPSA) is 80.2 Å². The Labute approximate surface area is 184 Å². The van der Waals surface area contributed by atoms with Crippen molar-refractivity contribution in [2.24, 2.45) is 0 Å². The standard InChI is InChI=1S/C21H16F5N5O2/c22-20(23)5-6-31(11-20)18-17(14-8-27-12-28-9-14)7-13(10-29-18)19(32)30-15-1-3-16(4-2-15)33-21(24,25)26/h1-4,7-10,12H,5-6,11H2,(H,30,32). The largest absolute Gasteiger partial charge is 0.573 e. The molecule has 1 aliphatic heterocycles. The molecule has 7 nitrogen and oxygen atoms in total. The number of ether oxygens (including phenoxy) is 1. The van der Waals surface area contributed by atoms with E-state index in [4.69, 9.17) is 0 Å². The van der Waals surface area contributed by atoms with E-state index >= 15 is 0 Å². The molecule has 4 rings (SSSR count). The fourth-order valence-electron chi connectivity index (χ4n) is 3.34. The third-order valence-corrected chi connectivity index (χ3v) is 4.82. The summed E-state index contributed by atoms with van der Waals surface area (Å²) in [5.74, 6) is -3.60. The quantitative estimate of drug-likeness (QED) is 0.558. The van der Waals surface area contributed by atoms with Gasteiger partial charge in [0.2, 0.25) is 0 Å². The fourth-order valence-corrected chi connectivity index (χ4v) is 3.34. The van der Waals surface area contributed by atoms with E-state index in [0.717, 1.165) is 12.1 Å². The number of nitrogens with one attached hydrogen (secondary N) is 1. The highest BCUT2D eigenvalue weighted by Crippen LogP contribution is 2.35. The second-order valence-electron chi connectivity index (χ2n) is 7.28. The number of carbonyl (C=O) groups excluding carboxylic acids is 1. The molecule has 0 unspecified atom stereocenters. The molecule has 2 aromatic heterocycles. The summed E-state index contributed by atoms with van der Waals surface area (Å²) >= 11 is 0. The normalized spacial score (nSPS) is 15.4. The number of anilines is 2. The van der Waals surface area contributed by atoms with Crippen LogP contribution in [0.4, 0.5) is 33.5 Å². The van der Waals surface area contributed by atoms with Crippen molar-refractivity contribution in [1.82, 2.24) is 15.0 Å². The number of nitrogens with zero attached hydrogens (tertiary/aromatic N) is 4. The van der Waals surface area contributed by atoms with Crippen LogP contribution in [0.5, 0.6) is 5.75 Å². The van der Waals surface area contributed by atoms with E-state index in [1.54, 1.807) is 0 Å². The van der Waals surface area contributed by atoms with Crippen LogP contribution in [0, 0.1) is 0 Å². The van der Waals surface area contributed by atoms with Gasteiger partial charge in [0.15, 0.2) is 0 Å². The highest BCUT2D eigenvalue weighted by Gasteiger charge is 2.39. The van der Waals surface area contributed by atoms with Gasteiger partial charge >= 0.3 is 6.36 Å². The molecule has 1 N–H and O–H groups in total. The van der Waals surface area contributed by atoms with Crippen molar-refractivity contribution in [2.45, 2.75) is 18.7 Å². The second-order valence-corrected chi connectivity index (χ2v) is 7.28. The molecule has 1 saturated heterocycles. The van der Waals surface area contributed by atoms with Gasteiger partial charge in [-0.1, -0.05) is 0 Å². The van der Waals surface area contributed by atoms with E-state index < -0.39 is 30.5 Å². The predicted octanol–water partition coefficient (Wildman–Crippen LogP) is 4.53. The Kier molecular flexibility index (Phi) is 5.83. The lowest BCUT2D eigenvalue weighted by Crippen LogP contribution is -2.26. The second kappa shape index (κ2) is 8.60. The summed E-state index contributed by atoms with van der Waals surface area (Å²) in [6.45, 7) is -0.406. The van der Waals surface area contributed by atoms with Crippen molar-refractivity contribution in [3.8, 4) is 16.9 Å². The van der Waals surface area contributed by atoms with Crippen LogP contribution < -0.4 is 15.0 Å². The van der Waals surface area contributed by atoms with Crippen LogP contribution in [0.3, 0.4) is 0 Å². The Morgan fingerprint density at radius 2 is 1.79 bits per heavy atom. The molecule has 0 saturated carbocycles. The zero-order valence-corrected chi connectivity index (χ0v) is 16.8. The lowest BCUT2D eigenvalue weighted by atomic mass is 10.1. The van der Waals surface area contributed by atoms with Crippen LogP contribution in [0.25, 0.3) is 11.1 Å². The first kappa shape index (κ1) is 22.4. The Morgan fingerprint density at radius 3 is 2.39 bits per heavy atom. The molecule has 0 spiro atoms. The number of carbonyl (C=O) groups is 1. The lowest BCUT2D eigenvalue weighted by Gasteiger charge is -2.21. The minimum absolute atomic E-state index is 0.0958. The zero-order valence-electron chi connectivity index (χ0n) is 16.8. The molecule has 0 atom stereocenters. The van der Waals surface area contributed by atoms with Gasteiger partial charge in [0, 0.05) is 48.4 Å². The first-order valence-corrected chi connectivity index (χ1v) is 9.65. The lowest BCUT2D eigenvalue weighted by molar-refractivity contribution is -0.274. The maximum absolute atomic E-state index is 13.8. The fraction of sp³-hybridized carbons (Fsp3) is 0.238. The van der Waals surface area contributed by atoms with Gasteiger partial charge in [0.1, 0.15) is 17.9 Å². The van der Waals surface area contributed by atoms with Crippen molar-refractivity contribution < 1.29 is 31.5 Å². The minimum atomic E-state index is -4.82. The number of amides is 1. The van der Waals surface area contributed by atoms with E-state index in [9.17, 15) is 26.7 Å². The number of aromatic nitrogens is 3. The van der Waals surface area contributed by atoms with Crippen LogP contribution in [0.1, 0.15) is 16.8 Å². The van der Waals surface area contributed by atoms with Gasteiger partial charge in [-0.2, -0.15) is 0 Å². The molecule has 0 bridgehead atoms. The first-order valence-electron chi connectivity index (χ1n) is 9.65. The Bertz CT molecular complexity index is 1140. The van der Waals surface area contributed by atoms with Crippen LogP contribution in [0.15, 0.2) is 55.2 Å². The van der Waals surface area contributed by atoms with Gasteiger partial charge in [0.05, 0.1) is 12.1 Å². The molecule has 12 heteroatoms. The molecule has 3 heterocycles. The Morgan fingerprint density at radius 1 is 1.09 bits per heavy atom. The molecule has 172 valence electrons. The summed E-state index contributed by atoms with van der Waals surface area (Å²) in [5.41, 5.74) is 1.22. The molecule has 1 fully saturated rings. The molecule has 1 amide bonds. The maximum atomic E-state index is 13.8. The summed E-state index contributed by atoms with van der Waals surface area (Å²) in [6.07, 6.45) is 0.370. The summed E-state index contributed by atoms with van der Waals surface area (Å²) < 4.78 is 68.2. The van der Waals surface area contributed by atoms with Crippen LogP contribution in [0.2, 0.25) is 0 Å². The van der Waals surface area contributed by atoms with Crippen molar-refractivity contribution in [3.05, 3.63) is 60.8 Å². The SMILES string of the molecule is O=C(Nc1ccc(OC(F)(F)F)cc1)c1cnc(N2CCC(F)(F)C2)c(-c2cncnc2)c1. The number of hydrogen-bond acceptors (Lipinski definition) is 6. The molecule has 0 radical (unpaired) electrons. The summed E-state index contributed by atoms with van der Waals surface area (Å²) in [5, 5.41) is 2.55. The van der Waals surface area contributed by atoms with E-state index in [-0.39, 0.29) is 30.0 Å². The highest BCUT2D eigenvalue weighted by atomic mass is 19.4. The van der Waals surface area contributed by atoms with E-state index in [1.165, 1.54) is 48.0 Å². The van der Waals surface area contributed by atoms with Gasteiger partial charge in [-0.25, -0.2) is 23.7 Å². The molecular weight excluding hydrogens is 449 g/mol. The van der Waals surface area contributed by atoms with Crippen LogP contribution >= 0.6 is 0 Å². The summed E-state index contributed by atoms with van der Waals surface area (Å²) in [7, 11) is 0. The van der Waals surface area contributed by atoms with Crippen LogP contribution in [-0.2, 0) is 0 Å². The van der Waals surface area contributed by atoms with Crippen molar-refractivity contribution >= 4 is 17.4 Å². The number of rotatable bonds is 5. The van der Waals surface area contributed by atoms with E-state index in [0.29, 0.717) is 11.1 Å². The average Bonchev–Trinajstić information content (AvgIpc) is 3.14. The number of pyridine rings is 1. The van der Waals surface area contributed by atoms with Gasteiger partial charge in [-0.15, -0.1) is 13.2 Å². The van der Waals surface area contributed by atoms with Crippen molar-refractivity contribution in [3.63, 3.8) is 0 Å². The van der Waals surface area contributed by atoms with Gasteiger partial charge < -0.3 is 15.0 Å². The number of hydrogen-bond donors (Lipinski definition) is 1. The molecule has 0 aliphatic carbocycles. The van der Waals surface area contributed by atoms with Gasteiger partial charge in [0.25, 0.3) is 11.8 Å². The number of alkyl halides is 5. The smallest absolute Gasteiger partial charge is 0.406 e. The molecular formula is C21H16F5N5O2. The molecule has 1 aromatic carbocycles. The van der Waals surface area contributed by atoms with E-state index in [2.05, 4.69) is 25.0 Å². The third kappa shape index (κ3) is 5.51. The van der Waals surface area contributed by atoms with Gasteiger partial charge in [-0.05, 0) is 30.3 Å². The maximum Gasteiger partial charge on any atom is 0.573 e. The van der Waals surface area contributed by atoms with Crippen molar-refractivity contribution in [2.75, 3.05) is 23.3 Å². The monoisotopic (exact) mass is 465 g/mol. The zero-order chi connectivity index (χ0) is 23.6. The highest BCUT2D eigenvalue weighted by molar-refractivity contribution is 6.05. The first-order chi connectivity index (χ1) is 15.6. The minimum Gasteiger partial charge on any atom is -0.406 e. The summed E-state index contributed by atoms with van der Waals surface area (Å²) in [6, 6.07) is 6.10. The average molecular weight is 465 g/mol. The molecule has 3 aromatic rings. The molecule has 1 aliphatic rings. The number of benzene rings is 1. The van der Waals surface area contributed by atoms with E-state index in [1.807, 2.05) is 0 Å². The molecule has 33 heavy (non-hydrogen) atoms. The Hall–Kier alpha value is -3.83. The van der Waals surface area contributed by atoms with Gasteiger partial charge in [-0.3, -0.25) is 4.79 Å². The van der Waals surface area contributed by atoms with Crippen molar-refractivity contribution in [1.29, 1.82) is 0 Å². The third-order valence-electron chi connectivity index (χ3n) is 4.82. The Balaban J connectivity index is 1.58. The summed E-state index contributed by atoms with van der Waals surface area (Å²) in [4.78, 5) is 26.3. The van der Waals surface area contributed by atoms with Crippen LogP contribution in [-0.4, -0.2) is 46.2 Å². The predicted molar refractivity (Wildman–Crippen MR) is 108 cm³/mol. The number of halogens is 5.